The van der Waals surface area contributed by atoms with Crippen LogP contribution in [0.15, 0.2) is 24.3 Å². The second-order valence-electron chi connectivity index (χ2n) is 7.50. The molecule has 2 fully saturated rings. The molecular formula is C19H27BrN4O2. The first-order valence-electron chi connectivity index (χ1n) is 9.32. The van der Waals surface area contributed by atoms with Gasteiger partial charge in [-0.1, -0.05) is 42.6 Å². The van der Waals surface area contributed by atoms with E-state index in [2.05, 4.69) is 51.3 Å². The Kier molecular flexibility index (Phi) is 6.32. The number of benzene rings is 1. The van der Waals surface area contributed by atoms with Crippen LogP contribution in [0, 0.1) is 5.92 Å². The van der Waals surface area contributed by atoms with Crippen molar-refractivity contribution in [3.8, 4) is 0 Å². The van der Waals surface area contributed by atoms with E-state index in [1.807, 2.05) is 0 Å². The summed E-state index contributed by atoms with van der Waals surface area (Å²) in [7, 11) is 0. The summed E-state index contributed by atoms with van der Waals surface area (Å²) in [5.74, 6) is 0.254. The highest BCUT2D eigenvalue weighted by molar-refractivity contribution is 9.09. The van der Waals surface area contributed by atoms with Crippen molar-refractivity contribution in [1.82, 2.24) is 16.2 Å². The van der Waals surface area contributed by atoms with Crippen LogP contribution in [0.2, 0.25) is 0 Å². The Hall–Kier alpha value is -1.44. The fourth-order valence-electron chi connectivity index (χ4n) is 3.56. The summed E-state index contributed by atoms with van der Waals surface area (Å²) < 4.78 is 0. The molecule has 3 rings (SSSR count). The van der Waals surface area contributed by atoms with Gasteiger partial charge in [-0.3, -0.25) is 15.0 Å². The molecule has 2 amide bonds. The molecule has 0 bridgehead atoms. The molecule has 1 aromatic carbocycles. The third-order valence-electron chi connectivity index (χ3n) is 5.17. The van der Waals surface area contributed by atoms with Gasteiger partial charge in [0.15, 0.2) is 0 Å². The zero-order chi connectivity index (χ0) is 18.7. The number of hydrogen-bond acceptors (Lipinski definition) is 4. The van der Waals surface area contributed by atoms with Crippen molar-refractivity contribution < 1.29 is 9.59 Å². The topological polar surface area (TPSA) is 82.3 Å². The number of nitrogens with one attached hydrogen (secondary N) is 4. The van der Waals surface area contributed by atoms with Gasteiger partial charge in [-0.2, -0.15) is 0 Å². The number of alkyl halides is 1. The van der Waals surface area contributed by atoms with Crippen LogP contribution in [0.1, 0.15) is 49.9 Å². The normalized spacial score (nSPS) is 26.2. The Bertz CT molecular complexity index is 643. The van der Waals surface area contributed by atoms with E-state index in [1.165, 1.54) is 12.8 Å². The van der Waals surface area contributed by atoms with Crippen molar-refractivity contribution in [2.75, 3.05) is 5.32 Å². The number of carbonyl (C=O) groups is 2. The first-order chi connectivity index (χ1) is 12.5. The standard InChI is InChI=1S/C19H27BrN4O2/c1-11(2)16-15(20)17(24-23-16)19(26)22-14-9-7-12(8-10-14)18(25)21-13-5-3-4-6-13/h7-11,13,15-17,23-24H,3-6H2,1-2H3,(H,21,25)(H,22,26). The average molecular weight is 423 g/mol. The molecule has 1 saturated carbocycles. The first kappa shape index (κ1) is 19.3. The molecular weight excluding hydrogens is 396 g/mol. The minimum absolute atomic E-state index is 0.0129. The number of rotatable bonds is 5. The zero-order valence-electron chi connectivity index (χ0n) is 15.2. The minimum Gasteiger partial charge on any atom is -0.349 e. The highest BCUT2D eigenvalue weighted by atomic mass is 79.9. The Balaban J connectivity index is 1.55. The van der Waals surface area contributed by atoms with Crippen LogP contribution in [0.5, 0.6) is 0 Å². The van der Waals surface area contributed by atoms with Crippen LogP contribution in [0.3, 0.4) is 0 Å². The van der Waals surface area contributed by atoms with E-state index in [9.17, 15) is 9.59 Å². The Morgan fingerprint density at radius 3 is 2.35 bits per heavy atom. The summed E-state index contributed by atoms with van der Waals surface area (Å²) in [6.07, 6.45) is 4.50. The van der Waals surface area contributed by atoms with E-state index in [0.717, 1.165) is 12.8 Å². The molecule has 1 saturated heterocycles. The van der Waals surface area contributed by atoms with E-state index >= 15 is 0 Å². The zero-order valence-corrected chi connectivity index (χ0v) is 16.8. The van der Waals surface area contributed by atoms with Gasteiger partial charge >= 0.3 is 0 Å². The van der Waals surface area contributed by atoms with Gasteiger partial charge in [0, 0.05) is 23.3 Å². The lowest BCUT2D eigenvalue weighted by Crippen LogP contribution is -2.42. The van der Waals surface area contributed by atoms with Gasteiger partial charge in [0.25, 0.3) is 5.91 Å². The van der Waals surface area contributed by atoms with Crippen LogP contribution >= 0.6 is 15.9 Å². The van der Waals surface area contributed by atoms with E-state index in [-0.39, 0.29) is 28.7 Å². The van der Waals surface area contributed by atoms with Crippen LogP contribution < -0.4 is 21.5 Å². The van der Waals surface area contributed by atoms with Gasteiger partial charge in [0.1, 0.15) is 6.04 Å². The van der Waals surface area contributed by atoms with E-state index in [1.54, 1.807) is 24.3 Å². The Labute approximate surface area is 163 Å². The second kappa shape index (κ2) is 8.50. The molecule has 6 nitrogen and oxygen atoms in total. The third kappa shape index (κ3) is 4.45. The van der Waals surface area contributed by atoms with Gasteiger partial charge in [0.2, 0.25) is 5.91 Å². The molecule has 7 heteroatoms. The van der Waals surface area contributed by atoms with E-state index in [0.29, 0.717) is 23.2 Å². The molecule has 26 heavy (non-hydrogen) atoms. The quantitative estimate of drug-likeness (QED) is 0.549. The summed E-state index contributed by atoms with van der Waals surface area (Å²) in [6, 6.07) is 7.18. The lowest BCUT2D eigenvalue weighted by atomic mass is 9.99. The molecule has 142 valence electrons. The van der Waals surface area contributed by atoms with Gasteiger partial charge in [-0.25, -0.2) is 5.43 Å². The van der Waals surface area contributed by atoms with Crippen molar-refractivity contribution in [2.45, 2.75) is 62.5 Å². The molecule has 0 aromatic heterocycles. The summed E-state index contributed by atoms with van der Waals surface area (Å²) in [5, 5.41) is 5.98. The third-order valence-corrected chi connectivity index (χ3v) is 6.27. The maximum absolute atomic E-state index is 12.5. The predicted molar refractivity (Wildman–Crippen MR) is 106 cm³/mol. The fraction of sp³-hybridized carbons (Fsp3) is 0.579. The molecule has 4 N–H and O–H groups in total. The summed E-state index contributed by atoms with van der Waals surface area (Å²) in [4.78, 5) is 24.8. The molecule has 0 radical (unpaired) electrons. The molecule has 0 spiro atoms. The van der Waals surface area contributed by atoms with Crippen LogP contribution in [0.4, 0.5) is 5.69 Å². The molecule has 3 unspecified atom stereocenters. The molecule has 2 aliphatic rings. The number of amides is 2. The van der Waals surface area contributed by atoms with Crippen molar-refractivity contribution >= 4 is 33.4 Å². The average Bonchev–Trinajstić information content (AvgIpc) is 3.24. The van der Waals surface area contributed by atoms with Gasteiger partial charge in [-0.15, -0.1) is 0 Å². The lowest BCUT2D eigenvalue weighted by molar-refractivity contribution is -0.117. The first-order valence-corrected chi connectivity index (χ1v) is 10.2. The number of anilines is 1. The molecule has 1 aliphatic heterocycles. The molecule has 1 aliphatic carbocycles. The van der Waals surface area contributed by atoms with Crippen molar-refractivity contribution in [3.63, 3.8) is 0 Å². The second-order valence-corrected chi connectivity index (χ2v) is 8.56. The van der Waals surface area contributed by atoms with E-state index < -0.39 is 0 Å². The van der Waals surface area contributed by atoms with Gasteiger partial charge in [0.05, 0.1) is 4.83 Å². The summed E-state index contributed by atoms with van der Waals surface area (Å²) in [5.41, 5.74) is 7.53. The molecule has 3 atom stereocenters. The summed E-state index contributed by atoms with van der Waals surface area (Å²) in [6.45, 7) is 4.23. The van der Waals surface area contributed by atoms with Crippen molar-refractivity contribution in [1.29, 1.82) is 0 Å². The van der Waals surface area contributed by atoms with Gasteiger partial charge in [-0.05, 0) is 43.0 Å². The minimum atomic E-state index is -0.354. The highest BCUT2D eigenvalue weighted by Crippen LogP contribution is 2.23. The summed E-state index contributed by atoms with van der Waals surface area (Å²) >= 11 is 3.62. The maximum Gasteiger partial charge on any atom is 0.251 e. The van der Waals surface area contributed by atoms with Crippen molar-refractivity contribution in [3.05, 3.63) is 29.8 Å². The SMILES string of the molecule is CC(C)C1NNC(C(=O)Nc2ccc(C(=O)NC3CCCC3)cc2)C1Br. The maximum atomic E-state index is 12.5. The fourth-order valence-corrected chi connectivity index (χ4v) is 4.68. The molecule has 1 aromatic rings. The van der Waals surface area contributed by atoms with Gasteiger partial charge < -0.3 is 10.6 Å². The monoisotopic (exact) mass is 422 g/mol. The van der Waals surface area contributed by atoms with Crippen LogP contribution in [-0.4, -0.2) is 34.8 Å². The van der Waals surface area contributed by atoms with Crippen LogP contribution in [-0.2, 0) is 4.79 Å². The largest absolute Gasteiger partial charge is 0.349 e. The smallest absolute Gasteiger partial charge is 0.251 e. The lowest BCUT2D eigenvalue weighted by Gasteiger charge is -2.19. The number of hydrogen-bond donors (Lipinski definition) is 4. The Morgan fingerprint density at radius 2 is 1.77 bits per heavy atom. The van der Waals surface area contributed by atoms with Crippen LogP contribution in [0.25, 0.3) is 0 Å². The van der Waals surface area contributed by atoms with Crippen molar-refractivity contribution in [2.24, 2.45) is 5.92 Å². The Morgan fingerprint density at radius 1 is 1.12 bits per heavy atom. The predicted octanol–water partition coefficient (Wildman–Crippen LogP) is 2.56. The highest BCUT2D eigenvalue weighted by Gasteiger charge is 2.39. The molecule has 1 heterocycles. The number of carbonyl (C=O) groups excluding carboxylic acids is 2. The number of hydrazine groups is 1. The number of halogens is 1. The van der Waals surface area contributed by atoms with E-state index in [4.69, 9.17) is 0 Å².